The van der Waals surface area contributed by atoms with Crippen LogP contribution in [-0.2, 0) is 6.54 Å². The molecule has 0 aliphatic rings. The molecule has 0 aliphatic carbocycles. The van der Waals surface area contributed by atoms with Crippen LogP contribution in [0.1, 0.15) is 30.2 Å². The topological polar surface area (TPSA) is 109 Å². The van der Waals surface area contributed by atoms with Crippen molar-refractivity contribution in [1.29, 1.82) is 0 Å². The van der Waals surface area contributed by atoms with Crippen molar-refractivity contribution in [3.8, 4) is 0 Å². The van der Waals surface area contributed by atoms with Crippen LogP contribution in [0, 0.1) is 24.0 Å². The first-order chi connectivity index (χ1) is 9.40. The van der Waals surface area contributed by atoms with Gasteiger partial charge in [0.05, 0.1) is 29.4 Å². The Labute approximate surface area is 117 Å². The van der Waals surface area contributed by atoms with E-state index in [2.05, 4.69) is 10.3 Å². The normalized spacial score (nSPS) is 11.7. The summed E-state index contributed by atoms with van der Waals surface area (Å²) in [5.41, 5.74) is 0.827. The molecule has 1 aromatic rings. The van der Waals surface area contributed by atoms with Crippen LogP contribution < -0.4 is 5.32 Å². The van der Waals surface area contributed by atoms with Crippen LogP contribution in [0.25, 0.3) is 0 Å². The summed E-state index contributed by atoms with van der Waals surface area (Å²) in [6, 6.07) is 0. The molecule has 112 valence electrons. The lowest BCUT2D eigenvalue weighted by Gasteiger charge is -2.29. The minimum Gasteiger partial charge on any atom is -0.394 e. The second-order valence-electron chi connectivity index (χ2n) is 4.92. The van der Waals surface area contributed by atoms with E-state index in [-0.39, 0.29) is 25.4 Å². The van der Waals surface area contributed by atoms with Crippen LogP contribution in [0.4, 0.5) is 5.69 Å². The molecule has 0 saturated carbocycles. The molecule has 1 heterocycles. The first-order valence-electron chi connectivity index (χ1n) is 6.47. The predicted octanol–water partition coefficient (Wildman–Crippen LogP) is 0.830. The smallest absolute Gasteiger partial charge is 0.278 e. The lowest BCUT2D eigenvalue weighted by atomic mass is 9.98. The molecule has 0 unspecified atom stereocenters. The number of hydrogen-bond acceptors (Lipinski definition) is 6. The maximum Gasteiger partial charge on any atom is 0.278 e. The van der Waals surface area contributed by atoms with E-state index < -0.39 is 10.5 Å². The van der Waals surface area contributed by atoms with Gasteiger partial charge < -0.3 is 15.5 Å². The zero-order valence-corrected chi connectivity index (χ0v) is 12.0. The average molecular weight is 283 g/mol. The Morgan fingerprint density at radius 3 is 2.45 bits per heavy atom. The zero-order valence-electron chi connectivity index (χ0n) is 12.0. The van der Waals surface area contributed by atoms with Gasteiger partial charge in [-0.3, -0.25) is 15.1 Å². The monoisotopic (exact) mass is 283 g/mol. The molecule has 3 N–H and O–H groups in total. The molecule has 1 rings (SSSR count). The SMILES string of the molecule is CCC(CO)(CO)NCc1ncc(C)c([N+](=O)[O-])c1C. The lowest BCUT2D eigenvalue weighted by molar-refractivity contribution is -0.386. The largest absolute Gasteiger partial charge is 0.394 e. The first-order valence-corrected chi connectivity index (χ1v) is 6.47. The second-order valence-corrected chi connectivity index (χ2v) is 4.92. The lowest BCUT2D eigenvalue weighted by Crippen LogP contribution is -2.50. The van der Waals surface area contributed by atoms with Crippen molar-refractivity contribution < 1.29 is 15.1 Å². The Morgan fingerprint density at radius 1 is 1.40 bits per heavy atom. The molecule has 0 atom stereocenters. The van der Waals surface area contributed by atoms with E-state index in [1.165, 1.54) is 6.20 Å². The van der Waals surface area contributed by atoms with E-state index in [4.69, 9.17) is 0 Å². The van der Waals surface area contributed by atoms with Crippen LogP contribution in [0.15, 0.2) is 6.20 Å². The molecule has 0 saturated heterocycles. The van der Waals surface area contributed by atoms with Gasteiger partial charge in [-0.1, -0.05) is 6.92 Å². The molecule has 0 aromatic carbocycles. The molecule has 7 nitrogen and oxygen atoms in total. The highest BCUT2D eigenvalue weighted by Crippen LogP contribution is 2.24. The minimum atomic E-state index is -0.798. The van der Waals surface area contributed by atoms with E-state index >= 15 is 0 Å². The van der Waals surface area contributed by atoms with Crippen molar-refractivity contribution in [1.82, 2.24) is 10.3 Å². The maximum atomic E-state index is 11.0. The Bertz CT molecular complexity index is 478. The molecule has 20 heavy (non-hydrogen) atoms. The fourth-order valence-corrected chi connectivity index (χ4v) is 2.01. The average Bonchev–Trinajstić information content (AvgIpc) is 2.42. The van der Waals surface area contributed by atoms with Crippen molar-refractivity contribution in [3.05, 3.63) is 33.1 Å². The Kier molecular flexibility index (Phi) is 5.55. The summed E-state index contributed by atoms with van der Waals surface area (Å²) in [5.74, 6) is 0. The van der Waals surface area contributed by atoms with Gasteiger partial charge in [-0.05, 0) is 20.3 Å². The molecule has 0 fully saturated rings. The Hall–Kier alpha value is -1.57. The van der Waals surface area contributed by atoms with Crippen molar-refractivity contribution in [2.24, 2.45) is 0 Å². The van der Waals surface area contributed by atoms with E-state index in [1.54, 1.807) is 13.8 Å². The quantitative estimate of drug-likeness (QED) is 0.505. The molecule has 7 heteroatoms. The number of nitro groups is 1. The van der Waals surface area contributed by atoms with Gasteiger partial charge in [-0.15, -0.1) is 0 Å². The molecule has 0 bridgehead atoms. The fraction of sp³-hybridized carbons (Fsp3) is 0.615. The number of nitrogens with zero attached hydrogens (tertiary/aromatic N) is 2. The standard InChI is InChI=1S/C13H21N3O4/c1-4-13(7-17,8-18)15-6-11-10(3)12(16(19)20)9(2)5-14-11/h5,15,17-18H,4,6-8H2,1-3H3. The van der Waals surface area contributed by atoms with Gasteiger partial charge >= 0.3 is 0 Å². The third kappa shape index (κ3) is 3.30. The van der Waals surface area contributed by atoms with Crippen LogP contribution in [0.2, 0.25) is 0 Å². The number of rotatable bonds is 7. The Morgan fingerprint density at radius 2 is 2.00 bits per heavy atom. The molecular weight excluding hydrogens is 262 g/mol. The summed E-state index contributed by atoms with van der Waals surface area (Å²) < 4.78 is 0. The van der Waals surface area contributed by atoms with Gasteiger partial charge in [0, 0.05) is 23.9 Å². The summed E-state index contributed by atoms with van der Waals surface area (Å²) in [6.45, 7) is 4.97. The molecular formula is C13H21N3O4. The van der Waals surface area contributed by atoms with E-state index in [0.717, 1.165) is 0 Å². The summed E-state index contributed by atoms with van der Waals surface area (Å²) in [7, 11) is 0. The van der Waals surface area contributed by atoms with Crippen LogP contribution in [0.3, 0.4) is 0 Å². The number of aliphatic hydroxyl groups is 2. The van der Waals surface area contributed by atoms with Gasteiger partial charge in [-0.25, -0.2) is 0 Å². The summed E-state index contributed by atoms with van der Waals surface area (Å²) in [5, 5.41) is 32.8. The van der Waals surface area contributed by atoms with Crippen molar-refractivity contribution in [3.63, 3.8) is 0 Å². The third-order valence-electron chi connectivity index (χ3n) is 3.67. The van der Waals surface area contributed by atoms with E-state index in [9.17, 15) is 20.3 Å². The second kappa shape index (κ2) is 6.74. The highest BCUT2D eigenvalue weighted by atomic mass is 16.6. The number of pyridine rings is 1. The van der Waals surface area contributed by atoms with Crippen molar-refractivity contribution in [2.75, 3.05) is 13.2 Å². The van der Waals surface area contributed by atoms with Crippen molar-refractivity contribution in [2.45, 2.75) is 39.3 Å². The molecule has 0 spiro atoms. The Balaban J connectivity index is 3.00. The molecule has 1 aromatic heterocycles. The number of nitrogens with one attached hydrogen (secondary N) is 1. The molecule has 0 radical (unpaired) electrons. The van der Waals surface area contributed by atoms with Crippen LogP contribution in [0.5, 0.6) is 0 Å². The van der Waals surface area contributed by atoms with Gasteiger partial charge in [0.2, 0.25) is 0 Å². The number of aliphatic hydroxyl groups excluding tert-OH is 2. The van der Waals surface area contributed by atoms with Gasteiger partial charge in [-0.2, -0.15) is 0 Å². The van der Waals surface area contributed by atoms with Gasteiger partial charge in [0.1, 0.15) is 0 Å². The number of hydrogen-bond donors (Lipinski definition) is 3. The maximum absolute atomic E-state index is 11.0. The van der Waals surface area contributed by atoms with Gasteiger partial charge in [0.15, 0.2) is 0 Å². The summed E-state index contributed by atoms with van der Waals surface area (Å²) in [6.07, 6.45) is 2.00. The summed E-state index contributed by atoms with van der Waals surface area (Å²) in [4.78, 5) is 14.8. The highest BCUT2D eigenvalue weighted by Gasteiger charge is 2.27. The van der Waals surface area contributed by atoms with E-state index in [0.29, 0.717) is 23.2 Å². The first kappa shape index (κ1) is 16.5. The van der Waals surface area contributed by atoms with E-state index in [1.807, 2.05) is 6.92 Å². The number of aromatic nitrogens is 1. The summed E-state index contributed by atoms with van der Waals surface area (Å²) >= 11 is 0. The van der Waals surface area contributed by atoms with Gasteiger partial charge in [0.25, 0.3) is 5.69 Å². The van der Waals surface area contributed by atoms with Crippen LogP contribution in [-0.4, -0.2) is 38.9 Å². The molecule has 0 amide bonds. The van der Waals surface area contributed by atoms with Crippen LogP contribution >= 0.6 is 0 Å². The fourth-order valence-electron chi connectivity index (χ4n) is 2.01. The predicted molar refractivity (Wildman–Crippen MR) is 74.4 cm³/mol. The zero-order chi connectivity index (χ0) is 15.3. The highest BCUT2D eigenvalue weighted by molar-refractivity contribution is 5.47. The molecule has 0 aliphatic heterocycles. The van der Waals surface area contributed by atoms with Crippen molar-refractivity contribution >= 4 is 5.69 Å². The third-order valence-corrected chi connectivity index (χ3v) is 3.67. The number of aryl methyl sites for hydroxylation is 1. The minimum absolute atomic E-state index is 0.0619.